The molecule has 2 aromatic carbocycles. The first-order valence-corrected chi connectivity index (χ1v) is 7.20. The molecule has 0 saturated heterocycles. The summed E-state index contributed by atoms with van der Waals surface area (Å²) in [5.41, 5.74) is 5.21. The molecule has 3 aromatic rings. The van der Waals surface area contributed by atoms with E-state index in [0.717, 1.165) is 22.5 Å². The Kier molecular flexibility index (Phi) is 4.03. The largest absolute Gasteiger partial charge is 0.480 e. The second-order valence-electron chi connectivity index (χ2n) is 5.16. The molecule has 0 atom stereocenters. The van der Waals surface area contributed by atoms with Gasteiger partial charge in [-0.15, -0.1) is 0 Å². The van der Waals surface area contributed by atoms with Gasteiger partial charge in [0, 0.05) is 11.1 Å². The number of hydrogen-bond acceptors (Lipinski definition) is 4. The standard InChI is InChI=1S/C19H15N3O/c1-13-3-7-15(8-4-13)18-19(22-17(23-2)12-21-18)16-9-5-14(11-20)6-10-16/h3-10,12H,1-2H3. The molecule has 0 aliphatic carbocycles. The van der Waals surface area contributed by atoms with Crippen LogP contribution in [-0.4, -0.2) is 17.1 Å². The first kappa shape index (κ1) is 14.7. The van der Waals surface area contributed by atoms with Gasteiger partial charge in [0.05, 0.1) is 30.6 Å². The Morgan fingerprint density at radius 2 is 1.52 bits per heavy atom. The summed E-state index contributed by atoms with van der Waals surface area (Å²) in [6, 6.07) is 17.6. The van der Waals surface area contributed by atoms with Gasteiger partial charge in [-0.05, 0) is 19.1 Å². The van der Waals surface area contributed by atoms with Gasteiger partial charge in [-0.2, -0.15) is 5.26 Å². The van der Waals surface area contributed by atoms with Crippen LogP contribution in [0.4, 0.5) is 0 Å². The summed E-state index contributed by atoms with van der Waals surface area (Å²) in [4.78, 5) is 9.06. The van der Waals surface area contributed by atoms with E-state index in [-0.39, 0.29) is 0 Å². The Hall–Kier alpha value is -3.19. The van der Waals surface area contributed by atoms with Gasteiger partial charge in [0.1, 0.15) is 5.69 Å². The van der Waals surface area contributed by atoms with Crippen LogP contribution in [0, 0.1) is 18.3 Å². The molecular weight excluding hydrogens is 286 g/mol. The highest BCUT2D eigenvalue weighted by atomic mass is 16.5. The maximum atomic E-state index is 8.94. The van der Waals surface area contributed by atoms with Gasteiger partial charge in [-0.1, -0.05) is 42.0 Å². The van der Waals surface area contributed by atoms with Crippen molar-refractivity contribution in [2.24, 2.45) is 0 Å². The summed E-state index contributed by atoms with van der Waals surface area (Å²) in [5, 5.41) is 8.94. The number of benzene rings is 2. The van der Waals surface area contributed by atoms with Crippen molar-refractivity contribution < 1.29 is 4.74 Å². The number of aryl methyl sites for hydroxylation is 1. The number of methoxy groups -OCH3 is 1. The van der Waals surface area contributed by atoms with E-state index in [0.29, 0.717) is 11.4 Å². The van der Waals surface area contributed by atoms with Crippen molar-refractivity contribution in [1.82, 2.24) is 9.97 Å². The number of nitrogens with zero attached hydrogens (tertiary/aromatic N) is 3. The molecule has 1 aromatic heterocycles. The van der Waals surface area contributed by atoms with Crippen LogP contribution >= 0.6 is 0 Å². The minimum atomic E-state index is 0.459. The summed E-state index contributed by atoms with van der Waals surface area (Å²) in [5.74, 6) is 0.459. The Bertz CT molecular complexity index is 863. The molecule has 1 heterocycles. The van der Waals surface area contributed by atoms with E-state index >= 15 is 0 Å². The number of hydrogen-bond donors (Lipinski definition) is 0. The second-order valence-corrected chi connectivity index (χ2v) is 5.16. The fourth-order valence-corrected chi connectivity index (χ4v) is 2.30. The van der Waals surface area contributed by atoms with Crippen molar-refractivity contribution in [2.45, 2.75) is 6.92 Å². The summed E-state index contributed by atoms with van der Waals surface area (Å²) < 4.78 is 5.21. The highest BCUT2D eigenvalue weighted by Gasteiger charge is 2.12. The summed E-state index contributed by atoms with van der Waals surface area (Å²) in [7, 11) is 1.57. The van der Waals surface area contributed by atoms with Crippen molar-refractivity contribution >= 4 is 0 Å². The van der Waals surface area contributed by atoms with E-state index in [1.54, 1.807) is 25.4 Å². The third-order valence-electron chi connectivity index (χ3n) is 3.57. The average molecular weight is 301 g/mol. The van der Waals surface area contributed by atoms with Gasteiger partial charge in [-0.3, -0.25) is 0 Å². The highest BCUT2D eigenvalue weighted by Crippen LogP contribution is 2.30. The molecule has 4 nitrogen and oxygen atoms in total. The van der Waals surface area contributed by atoms with E-state index in [1.165, 1.54) is 5.56 Å². The molecule has 0 aliphatic rings. The first-order chi connectivity index (χ1) is 11.2. The third-order valence-corrected chi connectivity index (χ3v) is 3.57. The van der Waals surface area contributed by atoms with Crippen molar-refractivity contribution in [2.75, 3.05) is 7.11 Å². The number of ether oxygens (including phenoxy) is 1. The van der Waals surface area contributed by atoms with Crippen LogP contribution in [0.3, 0.4) is 0 Å². The van der Waals surface area contributed by atoms with E-state index in [9.17, 15) is 0 Å². The molecule has 0 fully saturated rings. The number of nitriles is 1. The Morgan fingerprint density at radius 3 is 2.13 bits per heavy atom. The van der Waals surface area contributed by atoms with E-state index in [2.05, 4.69) is 16.0 Å². The van der Waals surface area contributed by atoms with Crippen molar-refractivity contribution in [3.8, 4) is 34.5 Å². The fourth-order valence-electron chi connectivity index (χ4n) is 2.30. The zero-order chi connectivity index (χ0) is 16.2. The molecule has 0 unspecified atom stereocenters. The van der Waals surface area contributed by atoms with Gasteiger partial charge >= 0.3 is 0 Å². The average Bonchev–Trinajstić information content (AvgIpc) is 2.62. The van der Waals surface area contributed by atoms with Crippen molar-refractivity contribution in [3.63, 3.8) is 0 Å². The summed E-state index contributed by atoms with van der Waals surface area (Å²) in [6.45, 7) is 2.05. The number of aromatic nitrogens is 2. The molecule has 0 saturated carbocycles. The van der Waals surface area contributed by atoms with Gasteiger partial charge in [0.2, 0.25) is 5.88 Å². The fraction of sp³-hybridized carbons (Fsp3) is 0.105. The summed E-state index contributed by atoms with van der Waals surface area (Å²) in [6.07, 6.45) is 1.61. The minimum absolute atomic E-state index is 0.459. The normalized spacial score (nSPS) is 10.1. The third kappa shape index (κ3) is 3.04. The van der Waals surface area contributed by atoms with Crippen LogP contribution < -0.4 is 4.74 Å². The Morgan fingerprint density at radius 1 is 0.913 bits per heavy atom. The molecule has 0 bridgehead atoms. The minimum Gasteiger partial charge on any atom is -0.480 e. The maximum Gasteiger partial charge on any atom is 0.232 e. The van der Waals surface area contributed by atoms with Crippen LogP contribution in [0.1, 0.15) is 11.1 Å². The molecule has 0 spiro atoms. The van der Waals surface area contributed by atoms with E-state index in [1.807, 2.05) is 43.3 Å². The highest BCUT2D eigenvalue weighted by molar-refractivity contribution is 5.78. The van der Waals surface area contributed by atoms with Crippen LogP contribution in [0.25, 0.3) is 22.5 Å². The molecular formula is C19H15N3O. The lowest BCUT2D eigenvalue weighted by atomic mass is 10.0. The topological polar surface area (TPSA) is 58.8 Å². The van der Waals surface area contributed by atoms with E-state index < -0.39 is 0 Å². The maximum absolute atomic E-state index is 8.94. The van der Waals surface area contributed by atoms with Crippen molar-refractivity contribution in [1.29, 1.82) is 5.26 Å². The van der Waals surface area contributed by atoms with Crippen LogP contribution in [-0.2, 0) is 0 Å². The first-order valence-electron chi connectivity index (χ1n) is 7.20. The molecule has 0 radical (unpaired) electrons. The molecule has 23 heavy (non-hydrogen) atoms. The van der Waals surface area contributed by atoms with Crippen molar-refractivity contribution in [3.05, 3.63) is 65.9 Å². The Labute approximate surface area is 135 Å². The lowest BCUT2D eigenvalue weighted by Crippen LogP contribution is -1.97. The monoisotopic (exact) mass is 301 g/mol. The van der Waals surface area contributed by atoms with Crippen LogP contribution in [0.15, 0.2) is 54.7 Å². The smallest absolute Gasteiger partial charge is 0.232 e. The molecule has 0 N–H and O–H groups in total. The van der Waals surface area contributed by atoms with Gasteiger partial charge in [0.15, 0.2) is 0 Å². The Balaban J connectivity index is 2.16. The zero-order valence-corrected chi connectivity index (χ0v) is 12.9. The molecule has 4 heteroatoms. The van der Waals surface area contributed by atoms with Crippen LogP contribution in [0.2, 0.25) is 0 Å². The molecule has 3 rings (SSSR count). The quantitative estimate of drug-likeness (QED) is 0.733. The lowest BCUT2D eigenvalue weighted by molar-refractivity contribution is 0.396. The second kappa shape index (κ2) is 6.29. The van der Waals surface area contributed by atoms with Gasteiger partial charge in [-0.25, -0.2) is 9.97 Å². The number of rotatable bonds is 3. The zero-order valence-electron chi connectivity index (χ0n) is 12.9. The van der Waals surface area contributed by atoms with Gasteiger partial charge < -0.3 is 4.74 Å². The predicted octanol–water partition coefficient (Wildman–Crippen LogP) is 4.00. The summed E-state index contributed by atoms with van der Waals surface area (Å²) >= 11 is 0. The van der Waals surface area contributed by atoms with Gasteiger partial charge in [0.25, 0.3) is 0 Å². The SMILES string of the molecule is COc1cnc(-c2ccc(C)cc2)c(-c2ccc(C#N)cc2)n1. The lowest BCUT2D eigenvalue weighted by Gasteiger charge is -2.10. The molecule has 0 aliphatic heterocycles. The predicted molar refractivity (Wildman–Crippen MR) is 88.9 cm³/mol. The molecule has 112 valence electrons. The van der Waals surface area contributed by atoms with E-state index in [4.69, 9.17) is 10.00 Å². The molecule has 0 amide bonds. The van der Waals surface area contributed by atoms with Crippen LogP contribution in [0.5, 0.6) is 5.88 Å².